The van der Waals surface area contributed by atoms with Crippen molar-refractivity contribution in [1.82, 2.24) is 9.80 Å². The first-order valence-corrected chi connectivity index (χ1v) is 11.5. The van der Waals surface area contributed by atoms with Gasteiger partial charge in [0.25, 0.3) is 5.91 Å². The Balaban J connectivity index is 1.28. The van der Waals surface area contributed by atoms with Crippen molar-refractivity contribution >= 4 is 33.4 Å². The lowest BCUT2D eigenvalue weighted by Crippen LogP contribution is -2.48. The lowest BCUT2D eigenvalue weighted by atomic mass is 10.1. The van der Waals surface area contributed by atoms with Crippen LogP contribution < -0.4 is 4.74 Å². The third-order valence-electron chi connectivity index (χ3n) is 5.41. The number of piperazine rings is 1. The zero-order valence-electron chi connectivity index (χ0n) is 17.1. The Morgan fingerprint density at radius 2 is 1.68 bits per heavy atom. The zero-order chi connectivity index (χ0) is 21.6. The molecule has 160 valence electrons. The number of hydrogen-bond acceptors (Lipinski definition) is 3. The summed E-state index contributed by atoms with van der Waals surface area (Å²) in [5.41, 5.74) is 3.00. The molecule has 1 aliphatic heterocycles. The number of amides is 1. The Hall–Kier alpha value is -2.34. The SMILES string of the molecule is O=C(c1ccc(COc2cccc(Cl)c2)cc1)N1CCN(Cc2ccccc2Br)CC1. The van der Waals surface area contributed by atoms with Gasteiger partial charge in [0.15, 0.2) is 0 Å². The van der Waals surface area contributed by atoms with Gasteiger partial charge in [-0.15, -0.1) is 0 Å². The Labute approximate surface area is 196 Å². The van der Waals surface area contributed by atoms with E-state index in [1.807, 2.05) is 53.4 Å². The highest BCUT2D eigenvalue weighted by molar-refractivity contribution is 9.10. The summed E-state index contributed by atoms with van der Waals surface area (Å²) in [4.78, 5) is 17.2. The molecule has 0 spiro atoms. The first-order chi connectivity index (χ1) is 15.1. The number of ether oxygens (including phenoxy) is 1. The van der Waals surface area contributed by atoms with Gasteiger partial charge in [0.2, 0.25) is 0 Å². The Kier molecular flexibility index (Phi) is 7.28. The number of nitrogens with zero attached hydrogens (tertiary/aromatic N) is 2. The molecule has 1 aliphatic rings. The monoisotopic (exact) mass is 498 g/mol. The van der Waals surface area contributed by atoms with E-state index in [1.165, 1.54) is 5.56 Å². The van der Waals surface area contributed by atoms with Crippen molar-refractivity contribution < 1.29 is 9.53 Å². The zero-order valence-corrected chi connectivity index (χ0v) is 19.5. The smallest absolute Gasteiger partial charge is 0.253 e. The molecule has 0 aliphatic carbocycles. The Morgan fingerprint density at radius 1 is 0.935 bits per heavy atom. The van der Waals surface area contributed by atoms with E-state index in [9.17, 15) is 4.79 Å². The molecular formula is C25H24BrClN2O2. The lowest BCUT2D eigenvalue weighted by molar-refractivity contribution is 0.0628. The molecule has 0 atom stereocenters. The van der Waals surface area contributed by atoms with Crippen molar-refractivity contribution in [3.8, 4) is 5.75 Å². The summed E-state index contributed by atoms with van der Waals surface area (Å²) in [7, 11) is 0. The van der Waals surface area contributed by atoms with Crippen LogP contribution in [0.3, 0.4) is 0 Å². The molecule has 4 nitrogen and oxygen atoms in total. The maximum absolute atomic E-state index is 12.9. The van der Waals surface area contributed by atoms with Crippen LogP contribution in [0.15, 0.2) is 77.3 Å². The predicted octanol–water partition coefficient (Wildman–Crippen LogP) is 5.64. The molecule has 0 radical (unpaired) electrons. The minimum atomic E-state index is 0.0860. The number of rotatable bonds is 6. The van der Waals surface area contributed by atoms with Gasteiger partial charge < -0.3 is 9.64 Å². The lowest BCUT2D eigenvalue weighted by Gasteiger charge is -2.35. The summed E-state index contributed by atoms with van der Waals surface area (Å²) in [6.45, 7) is 4.55. The van der Waals surface area contributed by atoms with Crippen LogP contribution >= 0.6 is 27.5 Å². The van der Waals surface area contributed by atoms with E-state index < -0.39 is 0 Å². The Morgan fingerprint density at radius 3 is 2.39 bits per heavy atom. The fraction of sp³-hybridized carbons (Fsp3) is 0.240. The number of carbonyl (C=O) groups is 1. The number of halogens is 2. The number of carbonyl (C=O) groups excluding carboxylic acids is 1. The second kappa shape index (κ2) is 10.3. The molecule has 3 aromatic rings. The maximum atomic E-state index is 12.9. The van der Waals surface area contributed by atoms with Gasteiger partial charge >= 0.3 is 0 Å². The first kappa shape index (κ1) is 21.9. The molecule has 1 heterocycles. The summed E-state index contributed by atoms with van der Waals surface area (Å²) >= 11 is 9.60. The normalized spacial score (nSPS) is 14.5. The van der Waals surface area contributed by atoms with Gasteiger partial charge in [-0.05, 0) is 47.5 Å². The summed E-state index contributed by atoms with van der Waals surface area (Å²) in [6, 6.07) is 23.3. The first-order valence-electron chi connectivity index (χ1n) is 10.3. The van der Waals surface area contributed by atoms with Crippen molar-refractivity contribution in [2.75, 3.05) is 26.2 Å². The molecule has 1 saturated heterocycles. The van der Waals surface area contributed by atoms with E-state index in [1.54, 1.807) is 6.07 Å². The average Bonchev–Trinajstić information content (AvgIpc) is 2.80. The highest BCUT2D eigenvalue weighted by Gasteiger charge is 2.22. The van der Waals surface area contributed by atoms with Gasteiger partial charge in [-0.3, -0.25) is 9.69 Å². The summed E-state index contributed by atoms with van der Waals surface area (Å²) in [6.07, 6.45) is 0. The molecule has 0 unspecified atom stereocenters. The second-order valence-corrected chi connectivity index (χ2v) is 8.89. The third-order valence-corrected chi connectivity index (χ3v) is 6.42. The number of benzene rings is 3. The maximum Gasteiger partial charge on any atom is 0.253 e. The van der Waals surface area contributed by atoms with E-state index in [2.05, 4.69) is 39.0 Å². The van der Waals surface area contributed by atoms with Crippen molar-refractivity contribution in [2.45, 2.75) is 13.2 Å². The van der Waals surface area contributed by atoms with Crippen LogP contribution in [-0.2, 0) is 13.2 Å². The van der Waals surface area contributed by atoms with Gasteiger partial charge in [-0.25, -0.2) is 0 Å². The minimum Gasteiger partial charge on any atom is -0.489 e. The largest absolute Gasteiger partial charge is 0.489 e. The van der Waals surface area contributed by atoms with Crippen LogP contribution in [0.4, 0.5) is 0 Å². The molecule has 4 rings (SSSR count). The molecule has 1 amide bonds. The standard InChI is InChI=1S/C25H24BrClN2O2/c26-24-7-2-1-4-21(24)17-28-12-14-29(15-13-28)25(30)20-10-8-19(9-11-20)18-31-23-6-3-5-22(27)16-23/h1-11,16H,12-15,17-18H2. The van der Waals surface area contributed by atoms with Crippen molar-refractivity contribution in [3.63, 3.8) is 0 Å². The van der Waals surface area contributed by atoms with Crippen molar-refractivity contribution in [3.05, 3.63) is 99.0 Å². The van der Waals surface area contributed by atoms with Gasteiger partial charge in [0.1, 0.15) is 12.4 Å². The van der Waals surface area contributed by atoms with Gasteiger partial charge in [0.05, 0.1) is 0 Å². The van der Waals surface area contributed by atoms with Crippen LogP contribution in [0.1, 0.15) is 21.5 Å². The van der Waals surface area contributed by atoms with E-state index in [0.717, 1.165) is 48.5 Å². The van der Waals surface area contributed by atoms with E-state index in [4.69, 9.17) is 16.3 Å². The fourth-order valence-corrected chi connectivity index (χ4v) is 4.22. The molecule has 3 aromatic carbocycles. The van der Waals surface area contributed by atoms with Crippen molar-refractivity contribution in [2.24, 2.45) is 0 Å². The van der Waals surface area contributed by atoms with E-state index >= 15 is 0 Å². The van der Waals surface area contributed by atoms with Gasteiger partial charge in [0, 0.05) is 47.8 Å². The fourth-order valence-electron chi connectivity index (χ4n) is 3.63. The quantitative estimate of drug-likeness (QED) is 0.440. The highest BCUT2D eigenvalue weighted by Crippen LogP contribution is 2.20. The topological polar surface area (TPSA) is 32.8 Å². The molecule has 31 heavy (non-hydrogen) atoms. The van der Waals surface area contributed by atoms with Gasteiger partial charge in [-0.1, -0.05) is 63.9 Å². The van der Waals surface area contributed by atoms with Crippen molar-refractivity contribution in [1.29, 1.82) is 0 Å². The van der Waals surface area contributed by atoms with Crippen LogP contribution in [0, 0.1) is 0 Å². The number of hydrogen-bond donors (Lipinski definition) is 0. The Bertz CT molecular complexity index is 1030. The van der Waals surface area contributed by atoms with Gasteiger partial charge in [-0.2, -0.15) is 0 Å². The summed E-state index contributed by atoms with van der Waals surface area (Å²) < 4.78 is 6.90. The summed E-state index contributed by atoms with van der Waals surface area (Å²) in [5.74, 6) is 0.816. The molecule has 0 aromatic heterocycles. The highest BCUT2D eigenvalue weighted by atomic mass is 79.9. The van der Waals surface area contributed by atoms with Crippen LogP contribution in [0.2, 0.25) is 5.02 Å². The third kappa shape index (κ3) is 5.88. The summed E-state index contributed by atoms with van der Waals surface area (Å²) in [5, 5.41) is 0.648. The van der Waals surface area contributed by atoms with Crippen LogP contribution in [-0.4, -0.2) is 41.9 Å². The average molecular weight is 500 g/mol. The molecule has 0 saturated carbocycles. The van der Waals surface area contributed by atoms with E-state index in [0.29, 0.717) is 17.2 Å². The van der Waals surface area contributed by atoms with Crippen LogP contribution in [0.5, 0.6) is 5.75 Å². The molecular weight excluding hydrogens is 476 g/mol. The molecule has 0 bridgehead atoms. The predicted molar refractivity (Wildman–Crippen MR) is 128 cm³/mol. The van der Waals surface area contributed by atoms with Crippen LogP contribution in [0.25, 0.3) is 0 Å². The molecule has 0 N–H and O–H groups in total. The second-order valence-electron chi connectivity index (χ2n) is 7.60. The minimum absolute atomic E-state index is 0.0860. The molecule has 1 fully saturated rings. The van der Waals surface area contributed by atoms with E-state index in [-0.39, 0.29) is 5.91 Å². The molecule has 6 heteroatoms.